The number of amides is 1. The molecule has 12 heteroatoms. The smallest absolute Gasteiger partial charge is 0.253 e. The van der Waals surface area contributed by atoms with Crippen LogP contribution in [-0.4, -0.2) is 29.4 Å². The zero-order valence-corrected chi connectivity index (χ0v) is 18.8. The number of hydrogen-bond donors (Lipinski definition) is 4. The molecule has 0 aliphatic rings. The predicted octanol–water partition coefficient (Wildman–Crippen LogP) is 3.06. The summed E-state index contributed by atoms with van der Waals surface area (Å²) in [5.74, 6) is -0.452. The number of carbonyl (C=O) groups is 1. The van der Waals surface area contributed by atoms with Gasteiger partial charge in [0.05, 0.1) is 4.90 Å². The Balaban J connectivity index is 2.09. The van der Waals surface area contributed by atoms with E-state index in [9.17, 15) is 13.2 Å². The van der Waals surface area contributed by atoms with E-state index < -0.39 is 25.9 Å². The van der Waals surface area contributed by atoms with Crippen LogP contribution in [0.3, 0.4) is 0 Å². The average molecular weight is 496 g/mol. The van der Waals surface area contributed by atoms with Crippen LogP contribution in [0.1, 0.15) is 15.9 Å². The van der Waals surface area contributed by atoms with Gasteiger partial charge < -0.3 is 16.0 Å². The zero-order chi connectivity index (χ0) is 21.8. The Labute approximate surface area is 188 Å². The monoisotopic (exact) mass is 494 g/mol. The fourth-order valence-corrected chi connectivity index (χ4v) is 3.34. The molecule has 2 aromatic rings. The van der Waals surface area contributed by atoms with Crippen LogP contribution in [0.5, 0.6) is 0 Å². The second-order valence-electron chi connectivity index (χ2n) is 5.93. The molecule has 0 saturated heterocycles. The molecule has 0 bridgehead atoms. The molecule has 0 aliphatic heterocycles. The van der Waals surface area contributed by atoms with Crippen molar-refractivity contribution in [1.29, 1.82) is 0 Å². The lowest BCUT2D eigenvalue weighted by Crippen LogP contribution is -2.56. The molecule has 0 aliphatic carbocycles. The standard InChI is InChI=1S/C17H17Cl3N4O3S2/c1-10-4-2-3-5-13(10)14(25)23-15(17(18,19)20)24-16(28)22-11-6-8-12(9-7-11)29(21,26)27/h2-9,15H,1H3,(H,23,25)(H2,21,26,27)(H2,22,24,28)/t15-/m0/s1. The van der Waals surface area contributed by atoms with Gasteiger partial charge in [0.15, 0.2) is 5.11 Å². The molecule has 0 spiro atoms. The number of anilines is 1. The van der Waals surface area contributed by atoms with E-state index >= 15 is 0 Å². The lowest BCUT2D eigenvalue weighted by Gasteiger charge is -2.28. The number of rotatable bonds is 5. The molecule has 156 valence electrons. The fraction of sp³-hybridized carbons (Fsp3) is 0.176. The van der Waals surface area contributed by atoms with Gasteiger partial charge in [-0.15, -0.1) is 0 Å². The van der Waals surface area contributed by atoms with Crippen LogP contribution < -0.4 is 21.1 Å². The molecule has 2 rings (SSSR count). The van der Waals surface area contributed by atoms with Crippen LogP contribution in [0.25, 0.3) is 0 Å². The molecule has 5 N–H and O–H groups in total. The first-order valence-corrected chi connectivity index (χ1v) is 11.1. The summed E-state index contributed by atoms with van der Waals surface area (Å²) in [5, 5.41) is 13.2. The SMILES string of the molecule is Cc1ccccc1C(=O)N[C@@H](NC(=S)Nc1ccc(S(N)(=O)=O)cc1)C(Cl)(Cl)Cl. The summed E-state index contributed by atoms with van der Waals surface area (Å²) in [5.41, 5.74) is 1.64. The molecule has 0 unspecified atom stereocenters. The van der Waals surface area contributed by atoms with Crippen LogP contribution in [0.4, 0.5) is 5.69 Å². The van der Waals surface area contributed by atoms with Crippen LogP contribution in [0.15, 0.2) is 53.4 Å². The molecule has 0 saturated carbocycles. The van der Waals surface area contributed by atoms with E-state index in [4.69, 9.17) is 52.2 Å². The summed E-state index contributed by atoms with van der Waals surface area (Å²) in [7, 11) is -3.81. The van der Waals surface area contributed by atoms with E-state index in [1.165, 1.54) is 24.3 Å². The second kappa shape index (κ2) is 9.46. The minimum absolute atomic E-state index is 0.0368. The molecular weight excluding hydrogens is 479 g/mol. The first-order chi connectivity index (χ1) is 13.4. The van der Waals surface area contributed by atoms with Crippen molar-refractivity contribution in [3.63, 3.8) is 0 Å². The van der Waals surface area contributed by atoms with E-state index in [-0.39, 0.29) is 10.0 Å². The van der Waals surface area contributed by atoms with Gasteiger partial charge in [0.1, 0.15) is 6.17 Å². The van der Waals surface area contributed by atoms with Gasteiger partial charge in [0.2, 0.25) is 13.8 Å². The highest BCUT2D eigenvalue weighted by molar-refractivity contribution is 7.89. The molecule has 1 atom stereocenters. The van der Waals surface area contributed by atoms with Crippen molar-refractivity contribution in [2.75, 3.05) is 5.32 Å². The maximum absolute atomic E-state index is 12.5. The Bertz CT molecular complexity index is 1010. The van der Waals surface area contributed by atoms with Crippen LogP contribution in [0, 0.1) is 6.92 Å². The van der Waals surface area contributed by atoms with Gasteiger partial charge in [-0.25, -0.2) is 13.6 Å². The van der Waals surface area contributed by atoms with Crippen molar-refractivity contribution in [3.05, 3.63) is 59.7 Å². The van der Waals surface area contributed by atoms with Gasteiger partial charge in [-0.3, -0.25) is 4.79 Å². The largest absolute Gasteiger partial charge is 0.339 e. The topological polar surface area (TPSA) is 113 Å². The summed E-state index contributed by atoms with van der Waals surface area (Å²) < 4.78 is 20.7. The molecule has 0 heterocycles. The van der Waals surface area contributed by atoms with E-state index in [0.717, 1.165) is 5.56 Å². The second-order valence-corrected chi connectivity index (χ2v) is 10.3. The minimum Gasteiger partial charge on any atom is -0.339 e. The summed E-state index contributed by atoms with van der Waals surface area (Å²) in [6.45, 7) is 1.78. The first-order valence-electron chi connectivity index (χ1n) is 8.01. The summed E-state index contributed by atoms with van der Waals surface area (Å²) in [4.78, 5) is 12.5. The third-order valence-corrected chi connectivity index (χ3v) is 5.51. The van der Waals surface area contributed by atoms with E-state index in [2.05, 4.69) is 16.0 Å². The maximum atomic E-state index is 12.5. The van der Waals surface area contributed by atoms with Gasteiger partial charge in [-0.1, -0.05) is 53.0 Å². The number of benzene rings is 2. The predicted molar refractivity (Wildman–Crippen MR) is 120 cm³/mol. The number of nitrogens with one attached hydrogen (secondary N) is 3. The minimum atomic E-state index is -3.81. The van der Waals surface area contributed by atoms with Crippen LogP contribution in [-0.2, 0) is 10.0 Å². The van der Waals surface area contributed by atoms with Gasteiger partial charge in [-0.05, 0) is 55.0 Å². The number of nitrogens with two attached hydrogens (primary N) is 1. The number of aryl methyl sites for hydroxylation is 1. The van der Waals surface area contributed by atoms with Gasteiger partial charge in [-0.2, -0.15) is 0 Å². The van der Waals surface area contributed by atoms with Gasteiger partial charge in [0, 0.05) is 11.3 Å². The molecule has 2 aromatic carbocycles. The Hall–Kier alpha value is -1.62. The Kier molecular flexibility index (Phi) is 7.72. The average Bonchev–Trinajstić information content (AvgIpc) is 2.60. The molecule has 1 amide bonds. The number of hydrogen-bond acceptors (Lipinski definition) is 4. The Morgan fingerprint density at radius 3 is 2.17 bits per heavy atom. The lowest BCUT2D eigenvalue weighted by atomic mass is 10.1. The number of sulfonamides is 1. The Morgan fingerprint density at radius 1 is 1.07 bits per heavy atom. The number of halogens is 3. The van der Waals surface area contributed by atoms with Crippen molar-refractivity contribution in [1.82, 2.24) is 10.6 Å². The molecule has 0 radical (unpaired) electrons. The Morgan fingerprint density at radius 2 is 1.66 bits per heavy atom. The number of primary sulfonamides is 1. The van der Waals surface area contributed by atoms with E-state index in [1.807, 2.05) is 0 Å². The van der Waals surface area contributed by atoms with Gasteiger partial charge in [0.25, 0.3) is 5.91 Å². The third kappa shape index (κ3) is 6.98. The normalized spacial score (nSPS) is 12.7. The highest BCUT2D eigenvalue weighted by atomic mass is 35.6. The van der Waals surface area contributed by atoms with Crippen molar-refractivity contribution in [3.8, 4) is 0 Å². The first kappa shape index (κ1) is 23.7. The number of alkyl halides is 3. The summed E-state index contributed by atoms with van der Waals surface area (Å²) in [6, 6.07) is 12.5. The maximum Gasteiger partial charge on any atom is 0.253 e. The summed E-state index contributed by atoms with van der Waals surface area (Å²) in [6.07, 6.45) is -1.15. The number of carbonyl (C=O) groups excluding carboxylic acids is 1. The molecular formula is C17H17Cl3N4O3S2. The zero-order valence-electron chi connectivity index (χ0n) is 14.9. The summed E-state index contributed by atoms with van der Waals surface area (Å²) >= 11 is 23.1. The molecule has 0 fully saturated rings. The molecule has 7 nitrogen and oxygen atoms in total. The van der Waals surface area contributed by atoms with Crippen molar-refractivity contribution in [2.24, 2.45) is 5.14 Å². The molecule has 29 heavy (non-hydrogen) atoms. The highest BCUT2D eigenvalue weighted by Gasteiger charge is 2.35. The quantitative estimate of drug-likeness (QED) is 0.288. The van der Waals surface area contributed by atoms with Gasteiger partial charge >= 0.3 is 0 Å². The van der Waals surface area contributed by atoms with Crippen molar-refractivity contribution < 1.29 is 13.2 Å². The highest BCUT2D eigenvalue weighted by Crippen LogP contribution is 2.29. The van der Waals surface area contributed by atoms with Crippen LogP contribution >= 0.6 is 47.0 Å². The van der Waals surface area contributed by atoms with Crippen molar-refractivity contribution >= 4 is 73.8 Å². The van der Waals surface area contributed by atoms with Crippen molar-refractivity contribution in [2.45, 2.75) is 21.8 Å². The van der Waals surface area contributed by atoms with Crippen LogP contribution in [0.2, 0.25) is 0 Å². The fourth-order valence-electron chi connectivity index (χ4n) is 2.26. The number of thiocarbonyl (C=S) groups is 1. The third-order valence-electron chi connectivity index (χ3n) is 3.71. The molecule has 0 aromatic heterocycles. The van der Waals surface area contributed by atoms with E-state index in [1.54, 1.807) is 31.2 Å². The lowest BCUT2D eigenvalue weighted by molar-refractivity contribution is 0.0934. The van der Waals surface area contributed by atoms with E-state index in [0.29, 0.717) is 11.3 Å².